The summed E-state index contributed by atoms with van der Waals surface area (Å²) in [6.45, 7) is 0.277. The Bertz CT molecular complexity index is 513. The molecule has 5 nitrogen and oxygen atoms in total. The number of aliphatic carboxylic acids is 1. The first kappa shape index (κ1) is 17.0. The first-order valence-electron chi connectivity index (χ1n) is 6.04. The van der Waals surface area contributed by atoms with E-state index in [1.54, 1.807) is 0 Å². The lowest BCUT2D eigenvalue weighted by molar-refractivity contribution is -0.139. The van der Waals surface area contributed by atoms with Crippen molar-refractivity contribution in [2.24, 2.45) is 0 Å². The summed E-state index contributed by atoms with van der Waals surface area (Å²) in [6, 6.07) is -0.631. The van der Waals surface area contributed by atoms with Gasteiger partial charge in [0.2, 0.25) is 0 Å². The highest BCUT2D eigenvalue weighted by atomic mass is 19.1. The molecule has 0 bridgehead atoms. The molecule has 1 aromatic carbocycles. The van der Waals surface area contributed by atoms with Gasteiger partial charge in [0.25, 0.3) is 5.91 Å². The molecule has 1 aromatic rings. The van der Waals surface area contributed by atoms with Crippen LogP contribution < -0.4 is 5.32 Å². The Hall–Kier alpha value is -2.09. The number of rotatable bonds is 7. The van der Waals surface area contributed by atoms with Gasteiger partial charge < -0.3 is 15.2 Å². The summed E-state index contributed by atoms with van der Waals surface area (Å²) in [5.74, 6) is -6.56. The molecule has 1 unspecified atom stereocenters. The summed E-state index contributed by atoms with van der Waals surface area (Å²) < 4.78 is 44.3. The second kappa shape index (κ2) is 7.63. The van der Waals surface area contributed by atoms with Crippen molar-refractivity contribution >= 4 is 11.9 Å². The summed E-state index contributed by atoms with van der Waals surface area (Å²) in [4.78, 5) is 22.7. The number of ether oxygens (including phenoxy) is 1. The first-order chi connectivity index (χ1) is 9.86. The van der Waals surface area contributed by atoms with E-state index in [1.807, 2.05) is 5.32 Å². The third-order valence-corrected chi connectivity index (χ3v) is 2.68. The topological polar surface area (TPSA) is 75.6 Å². The summed E-state index contributed by atoms with van der Waals surface area (Å²) in [5.41, 5.74) is -1.02. The number of carbonyl (C=O) groups excluding carboxylic acids is 1. The molecule has 116 valence electrons. The van der Waals surface area contributed by atoms with E-state index in [4.69, 9.17) is 9.84 Å². The number of hydrogen-bond donors (Lipinski definition) is 2. The van der Waals surface area contributed by atoms with E-state index in [0.29, 0.717) is 18.6 Å². The second-order valence-electron chi connectivity index (χ2n) is 4.24. The van der Waals surface area contributed by atoms with Gasteiger partial charge in [-0.05, 0) is 12.8 Å². The highest BCUT2D eigenvalue weighted by Gasteiger charge is 2.24. The fourth-order valence-electron chi connectivity index (χ4n) is 1.68. The molecule has 0 saturated heterocycles. The van der Waals surface area contributed by atoms with Crippen molar-refractivity contribution in [2.75, 3.05) is 13.7 Å². The van der Waals surface area contributed by atoms with E-state index < -0.39 is 40.9 Å². The molecule has 0 fully saturated rings. The van der Waals surface area contributed by atoms with E-state index in [1.165, 1.54) is 7.11 Å². The number of carboxylic acids is 1. The molecular formula is C13H14F3NO4. The minimum absolute atomic E-state index is 0.0271. The summed E-state index contributed by atoms with van der Waals surface area (Å²) in [5, 5.41) is 10.9. The van der Waals surface area contributed by atoms with Gasteiger partial charge in [-0.3, -0.25) is 4.79 Å². The number of hydrogen-bond acceptors (Lipinski definition) is 3. The number of carbonyl (C=O) groups is 2. The number of amides is 1. The average Bonchev–Trinajstić information content (AvgIpc) is 2.36. The van der Waals surface area contributed by atoms with Crippen LogP contribution in [0.2, 0.25) is 0 Å². The van der Waals surface area contributed by atoms with E-state index in [2.05, 4.69) is 0 Å². The van der Waals surface area contributed by atoms with Crippen molar-refractivity contribution in [3.63, 3.8) is 0 Å². The molecule has 0 heterocycles. The van der Waals surface area contributed by atoms with E-state index in [-0.39, 0.29) is 13.0 Å². The Morgan fingerprint density at radius 3 is 2.33 bits per heavy atom. The SMILES string of the molecule is COCCCC(NC(=O)c1c(F)cc(F)cc1F)C(=O)O. The van der Waals surface area contributed by atoms with Crippen molar-refractivity contribution in [3.8, 4) is 0 Å². The summed E-state index contributed by atoms with van der Waals surface area (Å²) in [6.07, 6.45) is 0.363. The van der Waals surface area contributed by atoms with Crippen molar-refractivity contribution < 1.29 is 32.6 Å². The standard InChI is InChI=1S/C13H14F3NO4/c1-21-4-2-3-10(13(19)20)17-12(18)11-8(15)5-7(14)6-9(11)16/h5-6,10H,2-4H2,1H3,(H,17,18)(H,19,20). The molecule has 0 aliphatic heterocycles. The van der Waals surface area contributed by atoms with Gasteiger partial charge in [-0.15, -0.1) is 0 Å². The van der Waals surface area contributed by atoms with Crippen LogP contribution in [0.15, 0.2) is 12.1 Å². The maximum absolute atomic E-state index is 13.4. The van der Waals surface area contributed by atoms with Crippen LogP contribution in [0, 0.1) is 17.5 Å². The van der Waals surface area contributed by atoms with Gasteiger partial charge in [-0.25, -0.2) is 18.0 Å². The minimum atomic E-state index is -1.40. The highest BCUT2D eigenvalue weighted by Crippen LogP contribution is 2.15. The maximum atomic E-state index is 13.4. The Kier molecular flexibility index (Phi) is 6.16. The number of carboxylic acid groups (broad SMARTS) is 1. The fraction of sp³-hybridized carbons (Fsp3) is 0.385. The molecule has 2 N–H and O–H groups in total. The lowest BCUT2D eigenvalue weighted by atomic mass is 10.1. The van der Waals surface area contributed by atoms with Crippen molar-refractivity contribution in [2.45, 2.75) is 18.9 Å². The van der Waals surface area contributed by atoms with Crippen LogP contribution in [0.4, 0.5) is 13.2 Å². The molecule has 1 atom stereocenters. The average molecular weight is 305 g/mol. The van der Waals surface area contributed by atoms with Gasteiger partial charge in [0.1, 0.15) is 29.1 Å². The number of nitrogens with one attached hydrogen (secondary N) is 1. The zero-order valence-corrected chi connectivity index (χ0v) is 11.2. The van der Waals surface area contributed by atoms with Gasteiger partial charge in [0, 0.05) is 25.8 Å². The lowest BCUT2D eigenvalue weighted by Gasteiger charge is -2.15. The van der Waals surface area contributed by atoms with Crippen LogP contribution in [0.1, 0.15) is 23.2 Å². The summed E-state index contributed by atoms with van der Waals surface area (Å²) in [7, 11) is 1.43. The Morgan fingerprint density at radius 1 is 1.29 bits per heavy atom. The second-order valence-corrected chi connectivity index (χ2v) is 4.24. The lowest BCUT2D eigenvalue weighted by Crippen LogP contribution is -2.41. The predicted octanol–water partition coefficient (Wildman–Crippen LogP) is 1.71. The molecular weight excluding hydrogens is 291 g/mol. The predicted molar refractivity (Wildman–Crippen MR) is 66.3 cm³/mol. The van der Waals surface area contributed by atoms with Crippen LogP contribution in [0.25, 0.3) is 0 Å². The third kappa shape index (κ3) is 4.75. The monoisotopic (exact) mass is 305 g/mol. The van der Waals surface area contributed by atoms with Gasteiger partial charge in [0.15, 0.2) is 0 Å². The highest BCUT2D eigenvalue weighted by molar-refractivity contribution is 5.97. The van der Waals surface area contributed by atoms with Crippen LogP contribution >= 0.6 is 0 Å². The largest absolute Gasteiger partial charge is 0.480 e. The van der Waals surface area contributed by atoms with E-state index in [9.17, 15) is 22.8 Å². The third-order valence-electron chi connectivity index (χ3n) is 2.68. The van der Waals surface area contributed by atoms with Gasteiger partial charge >= 0.3 is 5.97 Å². The molecule has 0 radical (unpaired) electrons. The van der Waals surface area contributed by atoms with Crippen LogP contribution in [-0.2, 0) is 9.53 Å². The van der Waals surface area contributed by atoms with Gasteiger partial charge in [-0.2, -0.15) is 0 Å². The zero-order valence-electron chi connectivity index (χ0n) is 11.2. The fourth-order valence-corrected chi connectivity index (χ4v) is 1.68. The Labute approximate surface area is 118 Å². The quantitative estimate of drug-likeness (QED) is 0.752. The molecule has 0 aromatic heterocycles. The molecule has 0 aliphatic rings. The Balaban J connectivity index is 2.85. The molecule has 1 rings (SSSR count). The number of halogens is 3. The molecule has 0 spiro atoms. The normalized spacial score (nSPS) is 12.0. The van der Waals surface area contributed by atoms with Crippen molar-refractivity contribution in [1.29, 1.82) is 0 Å². The molecule has 0 aliphatic carbocycles. The maximum Gasteiger partial charge on any atom is 0.326 e. The van der Waals surface area contributed by atoms with E-state index >= 15 is 0 Å². The number of benzene rings is 1. The Morgan fingerprint density at radius 2 is 1.86 bits per heavy atom. The van der Waals surface area contributed by atoms with Crippen molar-refractivity contribution in [1.82, 2.24) is 5.32 Å². The van der Waals surface area contributed by atoms with E-state index in [0.717, 1.165) is 0 Å². The van der Waals surface area contributed by atoms with Crippen LogP contribution in [0.5, 0.6) is 0 Å². The first-order valence-corrected chi connectivity index (χ1v) is 6.04. The number of methoxy groups -OCH3 is 1. The minimum Gasteiger partial charge on any atom is -0.480 e. The van der Waals surface area contributed by atoms with Crippen LogP contribution in [-0.4, -0.2) is 36.7 Å². The molecule has 0 saturated carbocycles. The molecule has 21 heavy (non-hydrogen) atoms. The van der Waals surface area contributed by atoms with Crippen molar-refractivity contribution in [3.05, 3.63) is 35.1 Å². The zero-order chi connectivity index (χ0) is 16.0. The molecule has 1 amide bonds. The molecule has 8 heteroatoms. The summed E-state index contributed by atoms with van der Waals surface area (Å²) >= 11 is 0. The van der Waals surface area contributed by atoms with Gasteiger partial charge in [-0.1, -0.05) is 0 Å². The van der Waals surface area contributed by atoms with Crippen LogP contribution in [0.3, 0.4) is 0 Å². The smallest absolute Gasteiger partial charge is 0.326 e. The van der Waals surface area contributed by atoms with Gasteiger partial charge in [0.05, 0.1) is 0 Å².